The molecule has 0 aliphatic heterocycles. The van der Waals surface area contributed by atoms with Gasteiger partial charge in [-0.05, 0) is 18.6 Å². The fourth-order valence-electron chi connectivity index (χ4n) is 2.15. The zero-order chi connectivity index (χ0) is 19.6. The fourth-order valence-corrected chi connectivity index (χ4v) is 2.15. The highest BCUT2D eigenvalue weighted by Crippen LogP contribution is 2.07. The lowest BCUT2D eigenvalue weighted by Crippen LogP contribution is -2.33. The van der Waals surface area contributed by atoms with Gasteiger partial charge in [0.05, 0.1) is 11.0 Å². The first-order valence-corrected chi connectivity index (χ1v) is 8.11. The van der Waals surface area contributed by atoms with Crippen LogP contribution < -0.4 is 9.92 Å². The Kier molecular flexibility index (Phi) is 7.06. The Morgan fingerprint density at radius 1 is 1.22 bits per heavy atom. The van der Waals surface area contributed by atoms with Gasteiger partial charge in [-0.2, -0.15) is 0 Å². The van der Waals surface area contributed by atoms with Crippen LogP contribution in [0.2, 0.25) is 0 Å². The molecule has 0 aliphatic rings. The summed E-state index contributed by atoms with van der Waals surface area (Å²) in [5.74, 6) is -0.853. The van der Waals surface area contributed by atoms with Crippen molar-refractivity contribution < 1.29 is 24.4 Å². The van der Waals surface area contributed by atoms with Crippen molar-refractivity contribution >= 4 is 24.1 Å². The van der Waals surface area contributed by atoms with Crippen LogP contribution in [0.25, 0.3) is 0 Å². The van der Waals surface area contributed by atoms with Crippen LogP contribution in [0, 0.1) is 0 Å². The molecule has 0 atom stereocenters. The van der Waals surface area contributed by atoms with E-state index in [0.29, 0.717) is 29.7 Å². The molecule has 0 amide bonds. The molecular formula is C17H19N6O4+. The lowest BCUT2D eigenvalue weighted by molar-refractivity contribution is -0.695. The van der Waals surface area contributed by atoms with E-state index in [1.54, 1.807) is 35.2 Å². The Hall–Kier alpha value is -3.69. The molecule has 0 aromatic carbocycles. The van der Waals surface area contributed by atoms with E-state index in [-0.39, 0.29) is 6.42 Å². The summed E-state index contributed by atoms with van der Waals surface area (Å²) in [5.41, 5.74) is 1.18. The molecule has 0 saturated carbocycles. The third-order valence-electron chi connectivity index (χ3n) is 3.49. The van der Waals surface area contributed by atoms with E-state index in [0.717, 1.165) is 4.57 Å². The molecule has 0 unspecified atom stereocenters. The standard InChI is InChI=1S/C17H18N6O4/c1-2-15-11-14(5-10-23(15)17(26)27)21-19-12-18-20-13-3-7-22(8-4-13)9-6-16(24)25/h3-5,7-8,10-12H,2,6,9H2,1H3,(H-,24,25,26,27)/p+1. The first-order valence-electron chi connectivity index (χ1n) is 8.11. The van der Waals surface area contributed by atoms with Crippen molar-refractivity contribution in [3.8, 4) is 0 Å². The molecule has 2 N–H and O–H groups in total. The van der Waals surface area contributed by atoms with E-state index >= 15 is 0 Å². The normalized spacial score (nSPS) is 12.1. The van der Waals surface area contributed by atoms with Crippen molar-refractivity contribution in [1.29, 1.82) is 0 Å². The van der Waals surface area contributed by atoms with Crippen LogP contribution >= 0.6 is 0 Å². The Morgan fingerprint density at radius 3 is 2.59 bits per heavy atom. The molecule has 27 heavy (non-hydrogen) atoms. The Bertz CT molecular complexity index is 931. The summed E-state index contributed by atoms with van der Waals surface area (Å²) in [7, 11) is 0. The largest absolute Gasteiger partial charge is 0.481 e. The summed E-state index contributed by atoms with van der Waals surface area (Å²) in [6, 6.07) is 6.57. The van der Waals surface area contributed by atoms with Crippen LogP contribution in [0.4, 0.5) is 10.5 Å². The predicted molar refractivity (Wildman–Crippen MR) is 94.7 cm³/mol. The molecule has 0 aliphatic carbocycles. The number of carboxylic acids is 1. The third-order valence-corrected chi connectivity index (χ3v) is 3.49. The molecule has 0 bridgehead atoms. The molecule has 2 heterocycles. The number of aromatic nitrogens is 2. The number of hydrogen-bond donors (Lipinski definition) is 2. The molecule has 2 aromatic rings. The van der Waals surface area contributed by atoms with Gasteiger partial charge in [0.2, 0.25) is 0 Å². The minimum absolute atomic E-state index is 0.0470. The first kappa shape index (κ1) is 19.6. The molecule has 0 saturated heterocycles. The number of hydrogen-bond acceptors (Lipinski definition) is 5. The van der Waals surface area contributed by atoms with Gasteiger partial charge in [0.25, 0.3) is 0 Å². The number of carbonyl (C=O) groups is 2. The maximum Gasteiger partial charge on any atom is 0.415 e. The topological polar surface area (TPSA) is 133 Å². The summed E-state index contributed by atoms with van der Waals surface area (Å²) in [6.07, 6.45) is 5.56. The molecular weight excluding hydrogens is 352 g/mol. The Labute approximate surface area is 154 Å². The monoisotopic (exact) mass is 371 g/mol. The van der Waals surface area contributed by atoms with E-state index in [9.17, 15) is 9.59 Å². The number of aryl methyl sites for hydroxylation is 2. The number of azo groups is 1. The molecule has 10 heteroatoms. The average molecular weight is 371 g/mol. The van der Waals surface area contributed by atoms with Crippen LogP contribution in [-0.2, 0) is 17.8 Å². The fraction of sp³-hybridized carbons (Fsp3) is 0.235. The number of nitrogens with zero attached hydrogens (tertiary/aromatic N) is 6. The van der Waals surface area contributed by atoms with Crippen LogP contribution in [0.15, 0.2) is 63.3 Å². The first-order chi connectivity index (χ1) is 13.0. The highest BCUT2D eigenvalue weighted by atomic mass is 16.4. The Balaban J connectivity index is 1.99. The molecule has 0 fully saturated rings. The van der Waals surface area contributed by atoms with Crippen LogP contribution in [-0.4, -0.2) is 33.2 Å². The van der Waals surface area contributed by atoms with Gasteiger partial charge in [-0.3, -0.25) is 9.36 Å². The van der Waals surface area contributed by atoms with Gasteiger partial charge in [-0.25, -0.2) is 9.36 Å². The van der Waals surface area contributed by atoms with Crippen molar-refractivity contribution in [2.45, 2.75) is 26.3 Å². The van der Waals surface area contributed by atoms with Crippen molar-refractivity contribution in [3.63, 3.8) is 0 Å². The molecule has 10 nitrogen and oxygen atoms in total. The van der Waals surface area contributed by atoms with Gasteiger partial charge in [0.15, 0.2) is 25.3 Å². The minimum atomic E-state index is -1.05. The van der Waals surface area contributed by atoms with Crippen LogP contribution in [0.1, 0.15) is 19.0 Å². The zero-order valence-corrected chi connectivity index (χ0v) is 14.6. The van der Waals surface area contributed by atoms with E-state index in [1.165, 1.54) is 18.6 Å². The average Bonchev–Trinajstić information content (AvgIpc) is 2.66. The van der Waals surface area contributed by atoms with E-state index in [2.05, 4.69) is 20.4 Å². The summed E-state index contributed by atoms with van der Waals surface area (Å²) in [5, 5.41) is 33.7. The zero-order valence-electron chi connectivity index (χ0n) is 14.6. The minimum Gasteiger partial charge on any atom is -0.481 e. The van der Waals surface area contributed by atoms with Crippen LogP contribution in [0.3, 0.4) is 0 Å². The number of aliphatic carboxylic acids is 1. The smallest absolute Gasteiger partial charge is 0.415 e. The SMILES string of the molecule is CCc1cc(=NN=CN=Nc2cc[n+](CCC(=O)O)cc2)ccn1C(=O)O. The molecule has 2 aromatic heterocycles. The van der Waals surface area contributed by atoms with E-state index < -0.39 is 12.1 Å². The van der Waals surface area contributed by atoms with Gasteiger partial charge in [-0.1, -0.05) is 6.92 Å². The van der Waals surface area contributed by atoms with Gasteiger partial charge in [0.1, 0.15) is 6.42 Å². The summed E-state index contributed by atoms with van der Waals surface area (Å²) in [6.45, 7) is 2.23. The molecule has 140 valence electrons. The van der Waals surface area contributed by atoms with Crippen LogP contribution in [0.5, 0.6) is 0 Å². The van der Waals surface area contributed by atoms with Crippen molar-refractivity contribution in [3.05, 3.63) is 53.9 Å². The highest BCUT2D eigenvalue weighted by molar-refractivity contribution is 5.68. The number of carboxylic acid groups (broad SMARTS) is 2. The second-order valence-corrected chi connectivity index (χ2v) is 5.37. The summed E-state index contributed by atoms with van der Waals surface area (Å²) < 4.78 is 2.86. The number of rotatable bonds is 7. The van der Waals surface area contributed by atoms with Gasteiger partial charge >= 0.3 is 12.1 Å². The maximum atomic E-state index is 11.1. The second-order valence-electron chi connectivity index (χ2n) is 5.37. The second kappa shape index (κ2) is 9.70. The van der Waals surface area contributed by atoms with E-state index in [4.69, 9.17) is 10.2 Å². The molecule has 2 rings (SSSR count). The lowest BCUT2D eigenvalue weighted by atomic mass is 10.3. The summed E-state index contributed by atoms with van der Waals surface area (Å²) >= 11 is 0. The number of pyridine rings is 2. The highest BCUT2D eigenvalue weighted by Gasteiger charge is 2.05. The lowest BCUT2D eigenvalue weighted by Gasteiger charge is -2.05. The van der Waals surface area contributed by atoms with Gasteiger partial charge in [-0.15, -0.1) is 20.4 Å². The third kappa shape index (κ3) is 6.27. The van der Waals surface area contributed by atoms with Gasteiger partial charge in [0, 0.05) is 24.0 Å². The predicted octanol–water partition coefficient (Wildman–Crippen LogP) is 1.97. The molecule has 0 spiro atoms. The quantitative estimate of drug-likeness (QED) is 0.253. The van der Waals surface area contributed by atoms with Crippen molar-refractivity contribution in [2.24, 2.45) is 20.4 Å². The van der Waals surface area contributed by atoms with Gasteiger partial charge < -0.3 is 10.2 Å². The van der Waals surface area contributed by atoms with E-state index in [1.807, 2.05) is 6.92 Å². The van der Waals surface area contributed by atoms with Crippen molar-refractivity contribution in [1.82, 2.24) is 4.57 Å². The summed E-state index contributed by atoms with van der Waals surface area (Å²) in [4.78, 5) is 21.6. The van der Waals surface area contributed by atoms with Crippen molar-refractivity contribution in [2.75, 3.05) is 0 Å². The molecule has 0 radical (unpaired) electrons. The maximum absolute atomic E-state index is 11.1. The Morgan fingerprint density at radius 2 is 1.96 bits per heavy atom.